The van der Waals surface area contributed by atoms with Crippen molar-refractivity contribution in [1.29, 1.82) is 0 Å². The Morgan fingerprint density at radius 2 is 1.66 bits per heavy atom. The van der Waals surface area contributed by atoms with Crippen LogP contribution in [0.5, 0.6) is 0 Å². The molecule has 0 saturated heterocycles. The number of rotatable bonds is 6. The molecule has 0 spiro atoms. The van der Waals surface area contributed by atoms with Gasteiger partial charge >= 0.3 is 6.03 Å². The first-order valence-corrected chi connectivity index (χ1v) is 10.7. The van der Waals surface area contributed by atoms with Crippen molar-refractivity contribution in [2.75, 3.05) is 5.32 Å². The van der Waals surface area contributed by atoms with Crippen LogP contribution in [-0.4, -0.2) is 15.7 Å². The van der Waals surface area contributed by atoms with Gasteiger partial charge in [0, 0.05) is 5.56 Å². The Hall–Kier alpha value is -2.09. The highest BCUT2D eigenvalue weighted by Crippen LogP contribution is 2.34. The summed E-state index contributed by atoms with van der Waals surface area (Å²) in [7, 11) is 0. The molecule has 0 bridgehead atoms. The van der Waals surface area contributed by atoms with Crippen molar-refractivity contribution in [2.24, 2.45) is 0 Å². The molecule has 0 fully saturated rings. The van der Waals surface area contributed by atoms with Crippen molar-refractivity contribution in [2.45, 2.75) is 63.9 Å². The van der Waals surface area contributed by atoms with Crippen LogP contribution in [0.1, 0.15) is 70.1 Å². The largest absolute Gasteiger partial charge is 0.588 e. The first-order chi connectivity index (χ1) is 13.4. The summed E-state index contributed by atoms with van der Waals surface area (Å²) in [6.45, 7) is 10.9. The number of hydrogen-bond acceptors (Lipinski definition) is 3. The van der Waals surface area contributed by atoms with Crippen molar-refractivity contribution in [1.82, 2.24) is 4.72 Å². The Morgan fingerprint density at radius 1 is 1.07 bits per heavy atom. The second-order valence-electron chi connectivity index (χ2n) is 8.14. The van der Waals surface area contributed by atoms with Gasteiger partial charge in [-0.1, -0.05) is 45.9 Å². The van der Waals surface area contributed by atoms with Crippen LogP contribution >= 0.6 is 0 Å². The summed E-state index contributed by atoms with van der Waals surface area (Å²) in [6, 6.07) is 8.89. The van der Waals surface area contributed by atoms with E-state index in [4.69, 9.17) is 0 Å². The smallest absolute Gasteiger partial charge is 0.361 e. The topological polar surface area (TPSA) is 84.4 Å². The monoisotopic (exact) mass is 420 g/mol. The van der Waals surface area contributed by atoms with Crippen molar-refractivity contribution < 1.29 is 18.8 Å². The maximum absolute atomic E-state index is 14.4. The molecule has 0 aromatic heterocycles. The SMILES string of the molecule is CC(C)c1ccc(F)c(C(C)C)c1NC(=O)N[S+]([O-])c1ccc(C(C)(C)O)cc1. The minimum absolute atomic E-state index is 0.0725. The Bertz CT molecular complexity index is 862. The van der Waals surface area contributed by atoms with E-state index in [1.54, 1.807) is 44.2 Å². The van der Waals surface area contributed by atoms with Gasteiger partial charge in [0.2, 0.25) is 0 Å². The van der Waals surface area contributed by atoms with Gasteiger partial charge in [-0.3, -0.25) is 0 Å². The minimum Gasteiger partial charge on any atom is -0.588 e. The molecule has 0 aliphatic rings. The number of benzene rings is 2. The van der Waals surface area contributed by atoms with E-state index in [0.29, 0.717) is 21.7 Å². The summed E-state index contributed by atoms with van der Waals surface area (Å²) >= 11 is -1.80. The highest BCUT2D eigenvalue weighted by molar-refractivity contribution is 7.90. The van der Waals surface area contributed by atoms with Crippen molar-refractivity contribution in [3.8, 4) is 0 Å². The maximum Gasteiger partial charge on any atom is 0.361 e. The van der Waals surface area contributed by atoms with E-state index >= 15 is 0 Å². The molecular weight excluding hydrogens is 391 g/mol. The first-order valence-electron chi connectivity index (χ1n) is 9.56. The third kappa shape index (κ3) is 5.72. The molecule has 0 radical (unpaired) electrons. The number of urea groups is 1. The Kier molecular flexibility index (Phi) is 7.32. The molecule has 29 heavy (non-hydrogen) atoms. The number of carbonyl (C=O) groups is 1. The summed E-state index contributed by atoms with van der Waals surface area (Å²) in [5.74, 6) is -0.449. The van der Waals surface area contributed by atoms with Crippen LogP contribution in [0, 0.1) is 5.82 Å². The molecule has 2 amide bonds. The van der Waals surface area contributed by atoms with Gasteiger partial charge in [0.15, 0.2) is 4.90 Å². The van der Waals surface area contributed by atoms with Crippen molar-refractivity contribution >= 4 is 23.1 Å². The van der Waals surface area contributed by atoms with Gasteiger partial charge in [-0.05, 0) is 55.0 Å². The van der Waals surface area contributed by atoms with Crippen LogP contribution in [0.15, 0.2) is 41.3 Å². The third-order valence-electron chi connectivity index (χ3n) is 4.62. The number of carbonyl (C=O) groups excluding carboxylic acids is 1. The molecule has 2 rings (SSSR count). The molecule has 2 aromatic carbocycles. The second kappa shape index (κ2) is 9.15. The Balaban J connectivity index is 2.21. The normalized spacial score (nSPS) is 12.9. The van der Waals surface area contributed by atoms with Gasteiger partial charge in [0.25, 0.3) is 0 Å². The first kappa shape index (κ1) is 23.2. The third-order valence-corrected chi connectivity index (χ3v) is 5.69. The fraction of sp³-hybridized carbons (Fsp3) is 0.409. The molecule has 158 valence electrons. The molecule has 1 unspecified atom stereocenters. The Morgan fingerprint density at radius 3 is 2.14 bits per heavy atom. The van der Waals surface area contributed by atoms with Gasteiger partial charge in [-0.2, -0.15) is 0 Å². The molecule has 0 aliphatic heterocycles. The molecule has 1 atom stereocenters. The molecular formula is C22H29FN2O3S. The van der Waals surface area contributed by atoms with E-state index in [1.807, 2.05) is 27.7 Å². The summed E-state index contributed by atoms with van der Waals surface area (Å²) in [6.07, 6.45) is 0. The van der Waals surface area contributed by atoms with Gasteiger partial charge in [-0.15, -0.1) is 4.72 Å². The van der Waals surface area contributed by atoms with Gasteiger partial charge in [-0.25, -0.2) is 9.18 Å². The summed E-state index contributed by atoms with van der Waals surface area (Å²) in [4.78, 5) is 12.9. The zero-order valence-electron chi connectivity index (χ0n) is 17.7. The van der Waals surface area contributed by atoms with Crippen molar-refractivity contribution in [3.05, 3.63) is 58.9 Å². The number of anilines is 1. The predicted molar refractivity (Wildman–Crippen MR) is 115 cm³/mol. The average molecular weight is 421 g/mol. The molecule has 0 saturated carbocycles. The molecule has 0 aliphatic carbocycles. The lowest BCUT2D eigenvalue weighted by Crippen LogP contribution is -2.35. The number of nitrogens with one attached hydrogen (secondary N) is 2. The minimum atomic E-state index is -1.80. The lowest BCUT2D eigenvalue weighted by molar-refractivity contribution is 0.0785. The zero-order valence-corrected chi connectivity index (χ0v) is 18.5. The van der Waals surface area contributed by atoms with Crippen molar-refractivity contribution in [3.63, 3.8) is 0 Å². The van der Waals surface area contributed by atoms with E-state index in [2.05, 4.69) is 10.0 Å². The van der Waals surface area contributed by atoms with Gasteiger partial charge < -0.3 is 15.0 Å². The molecule has 2 aromatic rings. The summed E-state index contributed by atoms with van der Waals surface area (Å²) < 4.78 is 29.3. The fourth-order valence-corrected chi connectivity index (χ4v) is 3.79. The van der Waals surface area contributed by atoms with Crippen LogP contribution < -0.4 is 10.0 Å². The van der Waals surface area contributed by atoms with E-state index in [-0.39, 0.29) is 17.7 Å². The van der Waals surface area contributed by atoms with Crippen LogP contribution in [0.25, 0.3) is 0 Å². The molecule has 3 N–H and O–H groups in total. The number of aliphatic hydroxyl groups is 1. The molecule has 0 heterocycles. The van der Waals surface area contributed by atoms with Gasteiger partial charge in [0.05, 0.1) is 11.3 Å². The number of hydrogen-bond donors (Lipinski definition) is 3. The lowest BCUT2D eigenvalue weighted by Gasteiger charge is -2.21. The fourth-order valence-electron chi connectivity index (χ4n) is 3.06. The van der Waals surface area contributed by atoms with Crippen LogP contribution in [0.2, 0.25) is 0 Å². The predicted octanol–water partition coefficient (Wildman–Crippen LogP) is 5.14. The highest BCUT2D eigenvalue weighted by Gasteiger charge is 2.23. The van der Waals surface area contributed by atoms with Crippen LogP contribution in [-0.2, 0) is 17.0 Å². The maximum atomic E-state index is 14.4. The van der Waals surface area contributed by atoms with E-state index in [1.165, 1.54) is 6.07 Å². The van der Waals surface area contributed by atoms with E-state index in [0.717, 1.165) is 5.56 Å². The highest BCUT2D eigenvalue weighted by atomic mass is 32.2. The van der Waals surface area contributed by atoms with Crippen LogP contribution in [0.3, 0.4) is 0 Å². The quantitative estimate of drug-likeness (QED) is 0.566. The zero-order chi connectivity index (χ0) is 21.9. The molecule has 5 nitrogen and oxygen atoms in total. The van der Waals surface area contributed by atoms with E-state index in [9.17, 15) is 18.8 Å². The van der Waals surface area contributed by atoms with E-state index < -0.39 is 23.0 Å². The number of amides is 2. The second-order valence-corrected chi connectivity index (χ2v) is 9.36. The van der Waals surface area contributed by atoms with Gasteiger partial charge in [0.1, 0.15) is 17.2 Å². The summed E-state index contributed by atoms with van der Waals surface area (Å²) in [5, 5.41) is 12.7. The van der Waals surface area contributed by atoms with Crippen LogP contribution in [0.4, 0.5) is 14.9 Å². The number of halogens is 1. The Labute approximate surface area is 175 Å². The average Bonchev–Trinajstić information content (AvgIpc) is 2.60. The summed E-state index contributed by atoms with van der Waals surface area (Å²) in [5.41, 5.74) is 1.31. The standard InChI is InChI=1S/C22H29FN2O3S/c1-13(2)17-11-12-18(23)19(14(3)4)20(17)24-21(26)25-29(28)16-9-7-15(8-10-16)22(5,6)27/h7-14,27H,1-6H3,(H2,24,25,26). The molecule has 7 heteroatoms. The lowest BCUT2D eigenvalue weighted by atomic mass is 9.92.